The number of carbonyl (C=O) groups excluding carboxylic acids is 1. The van der Waals surface area contributed by atoms with E-state index in [4.69, 9.17) is 26.8 Å². The predicted molar refractivity (Wildman–Crippen MR) is 140 cm³/mol. The minimum Gasteiger partial charge on any atom is -0.493 e. The number of imidazole rings is 1. The lowest BCUT2D eigenvalue weighted by atomic mass is 10.1. The van der Waals surface area contributed by atoms with Gasteiger partial charge in [-0.15, -0.1) is 12.8 Å². The van der Waals surface area contributed by atoms with E-state index in [9.17, 15) is 4.79 Å². The molecule has 1 saturated carbocycles. The molecule has 3 N–H and O–H groups in total. The molecule has 0 atom stereocenters. The number of nitrogens with zero attached hydrogens (tertiary/aromatic N) is 3. The van der Waals surface area contributed by atoms with E-state index in [2.05, 4.69) is 28.1 Å². The van der Waals surface area contributed by atoms with Crippen LogP contribution in [-0.4, -0.2) is 34.0 Å². The lowest BCUT2D eigenvalue weighted by molar-refractivity contribution is 0.143. The number of aliphatic imine (C=N–C) groups is 1. The number of rotatable bonds is 12. The summed E-state index contributed by atoms with van der Waals surface area (Å²) in [7, 11) is 0. The van der Waals surface area contributed by atoms with Crippen LogP contribution in [0.1, 0.15) is 56.7 Å². The highest BCUT2D eigenvalue weighted by Gasteiger charge is 2.15. The van der Waals surface area contributed by atoms with Crippen molar-refractivity contribution < 1.29 is 14.3 Å². The van der Waals surface area contributed by atoms with Gasteiger partial charge in [0, 0.05) is 19.6 Å². The summed E-state index contributed by atoms with van der Waals surface area (Å²) < 4.78 is 13.1. The van der Waals surface area contributed by atoms with Crippen molar-refractivity contribution in [1.82, 2.24) is 14.9 Å². The normalized spacial score (nSPS) is 13.7. The monoisotopic (exact) mass is 501 g/mol. The van der Waals surface area contributed by atoms with E-state index in [0.29, 0.717) is 48.8 Å². The van der Waals surface area contributed by atoms with Crippen molar-refractivity contribution in [3.63, 3.8) is 0 Å². The zero-order chi connectivity index (χ0) is 25.5. The highest BCUT2D eigenvalue weighted by molar-refractivity contribution is 6.65. The number of nitrogens with one attached hydrogen (secondary N) is 1. The Labute approximate surface area is 213 Å². The standard InChI is InChI=1S/C24H34ClN5O3.C2H2/c1-18(25)29-23-22(14-26)28-17-30(23)11-4-5-12-32-24(31)27-15-20-9-6-10-21(13-20)33-16-19-7-2-3-8-19;1-2/h6,9-10,13,17,19H,2-5,7-8,11-12,14-16,26H2,1H3,(H,27,31);1-2H/b29-18+;. The lowest BCUT2D eigenvalue weighted by Crippen LogP contribution is -2.24. The smallest absolute Gasteiger partial charge is 0.407 e. The largest absolute Gasteiger partial charge is 0.493 e. The van der Waals surface area contributed by atoms with Crippen LogP contribution in [0.3, 0.4) is 0 Å². The van der Waals surface area contributed by atoms with E-state index in [0.717, 1.165) is 30.8 Å². The number of alkyl carbamates (subject to hydrolysis) is 1. The van der Waals surface area contributed by atoms with Crippen molar-refractivity contribution >= 4 is 28.7 Å². The molecular formula is C26H36ClN5O3. The number of terminal acetylenes is 1. The zero-order valence-electron chi connectivity index (χ0n) is 20.4. The number of halogens is 1. The van der Waals surface area contributed by atoms with E-state index in [1.807, 2.05) is 28.8 Å². The molecule has 1 aliphatic carbocycles. The number of hydrogen-bond acceptors (Lipinski definition) is 6. The first-order valence-electron chi connectivity index (χ1n) is 12.0. The quantitative estimate of drug-likeness (QED) is 0.237. The summed E-state index contributed by atoms with van der Waals surface area (Å²) in [4.78, 5) is 20.6. The molecule has 9 heteroatoms. The van der Waals surface area contributed by atoms with Gasteiger partial charge >= 0.3 is 6.09 Å². The first-order valence-corrected chi connectivity index (χ1v) is 12.3. The highest BCUT2D eigenvalue weighted by Crippen LogP contribution is 2.26. The summed E-state index contributed by atoms with van der Waals surface area (Å²) in [5.41, 5.74) is 7.40. The summed E-state index contributed by atoms with van der Waals surface area (Å²) >= 11 is 5.91. The fraction of sp³-hybridized carbons (Fsp3) is 0.500. The van der Waals surface area contributed by atoms with Crippen LogP contribution in [0.2, 0.25) is 0 Å². The average molecular weight is 502 g/mol. The Morgan fingerprint density at radius 1 is 1.31 bits per heavy atom. The predicted octanol–water partition coefficient (Wildman–Crippen LogP) is 5.16. The molecule has 8 nitrogen and oxygen atoms in total. The first kappa shape index (κ1) is 28.2. The fourth-order valence-corrected chi connectivity index (χ4v) is 3.99. The van der Waals surface area contributed by atoms with Crippen molar-refractivity contribution in [3.8, 4) is 18.6 Å². The summed E-state index contributed by atoms with van der Waals surface area (Å²) in [6.45, 7) is 4.21. The topological polar surface area (TPSA) is 104 Å². The molecule has 190 valence electrons. The average Bonchev–Trinajstić information content (AvgIpc) is 3.52. The van der Waals surface area contributed by atoms with Gasteiger partial charge in [-0.2, -0.15) is 0 Å². The maximum absolute atomic E-state index is 12.0. The van der Waals surface area contributed by atoms with E-state index < -0.39 is 6.09 Å². The van der Waals surface area contributed by atoms with Crippen molar-refractivity contribution in [2.75, 3.05) is 13.2 Å². The molecule has 1 aromatic carbocycles. The van der Waals surface area contributed by atoms with Gasteiger partial charge in [-0.05, 0) is 56.2 Å². The van der Waals surface area contributed by atoms with Gasteiger partial charge in [0.05, 0.1) is 25.2 Å². The molecule has 1 heterocycles. The third-order valence-electron chi connectivity index (χ3n) is 5.66. The van der Waals surface area contributed by atoms with Gasteiger partial charge in [0.25, 0.3) is 0 Å². The zero-order valence-corrected chi connectivity index (χ0v) is 21.2. The van der Waals surface area contributed by atoms with Crippen LogP contribution in [0.4, 0.5) is 10.6 Å². The van der Waals surface area contributed by atoms with Crippen LogP contribution in [0.5, 0.6) is 5.75 Å². The Morgan fingerprint density at radius 2 is 2.09 bits per heavy atom. The Kier molecular flexibility index (Phi) is 12.7. The third-order valence-corrected chi connectivity index (χ3v) is 5.74. The van der Waals surface area contributed by atoms with Crippen molar-refractivity contribution in [2.24, 2.45) is 16.6 Å². The molecule has 1 aliphatic rings. The van der Waals surface area contributed by atoms with E-state index in [-0.39, 0.29) is 0 Å². The van der Waals surface area contributed by atoms with Crippen LogP contribution >= 0.6 is 11.6 Å². The maximum Gasteiger partial charge on any atom is 0.407 e. The number of benzene rings is 1. The Morgan fingerprint density at radius 3 is 2.80 bits per heavy atom. The van der Waals surface area contributed by atoms with Crippen LogP contribution in [-0.2, 0) is 24.4 Å². The van der Waals surface area contributed by atoms with E-state index in [1.165, 1.54) is 25.7 Å². The van der Waals surface area contributed by atoms with Crippen LogP contribution in [0, 0.1) is 18.8 Å². The second-order valence-electron chi connectivity index (χ2n) is 8.33. The Balaban J connectivity index is 0.00000210. The number of amides is 1. The number of nitrogens with two attached hydrogens (primary N) is 1. The minimum absolute atomic E-state index is 0.300. The van der Waals surface area contributed by atoms with Gasteiger partial charge in [0.15, 0.2) is 5.82 Å². The molecular weight excluding hydrogens is 466 g/mol. The van der Waals surface area contributed by atoms with Crippen molar-refractivity contribution in [1.29, 1.82) is 0 Å². The molecule has 0 spiro atoms. The summed E-state index contributed by atoms with van der Waals surface area (Å²) in [5.74, 6) is 2.19. The summed E-state index contributed by atoms with van der Waals surface area (Å²) in [6, 6.07) is 7.84. The molecule has 0 saturated heterocycles. The van der Waals surface area contributed by atoms with Gasteiger partial charge in [-0.25, -0.2) is 14.8 Å². The number of hydrogen-bond donors (Lipinski definition) is 2. The molecule has 1 fully saturated rings. The number of aryl methyl sites for hydroxylation is 1. The molecule has 35 heavy (non-hydrogen) atoms. The molecule has 0 bridgehead atoms. The molecule has 0 aliphatic heterocycles. The van der Waals surface area contributed by atoms with Crippen molar-refractivity contribution in [2.45, 2.75) is 65.1 Å². The van der Waals surface area contributed by atoms with Gasteiger partial charge in [0.2, 0.25) is 0 Å². The molecule has 1 amide bonds. The first-order chi connectivity index (χ1) is 17.0. The Hall–Kier alpha value is -3.02. The lowest BCUT2D eigenvalue weighted by Gasteiger charge is -2.12. The molecule has 0 unspecified atom stereocenters. The van der Waals surface area contributed by atoms with Gasteiger partial charge in [-0.3, -0.25) is 0 Å². The molecule has 2 aromatic rings. The van der Waals surface area contributed by atoms with E-state index >= 15 is 0 Å². The van der Waals surface area contributed by atoms with Crippen LogP contribution in [0.25, 0.3) is 0 Å². The van der Waals surface area contributed by atoms with Crippen LogP contribution < -0.4 is 15.8 Å². The SMILES string of the molecule is C#C.C/C(Cl)=N\c1c(CN)ncn1CCCCOC(=O)NCc1cccc(OCC2CCCC2)c1. The van der Waals surface area contributed by atoms with Gasteiger partial charge in [0.1, 0.15) is 10.9 Å². The number of ether oxygens (including phenoxy) is 2. The van der Waals surface area contributed by atoms with Gasteiger partial charge < -0.3 is 25.1 Å². The minimum atomic E-state index is -0.427. The molecule has 0 radical (unpaired) electrons. The third kappa shape index (κ3) is 10.0. The van der Waals surface area contributed by atoms with Gasteiger partial charge in [-0.1, -0.05) is 36.6 Å². The maximum atomic E-state index is 12.0. The molecule has 3 rings (SSSR count). The summed E-state index contributed by atoms with van der Waals surface area (Å²) in [5, 5.41) is 3.22. The second-order valence-corrected chi connectivity index (χ2v) is 8.87. The second kappa shape index (κ2) is 15.8. The Bertz CT molecular complexity index is 963. The van der Waals surface area contributed by atoms with Crippen molar-refractivity contribution in [3.05, 3.63) is 41.9 Å². The van der Waals surface area contributed by atoms with Crippen LogP contribution in [0.15, 0.2) is 35.6 Å². The van der Waals surface area contributed by atoms with E-state index in [1.54, 1.807) is 13.3 Å². The number of aromatic nitrogens is 2. The summed E-state index contributed by atoms with van der Waals surface area (Å²) in [6.07, 6.45) is 15.9. The highest BCUT2D eigenvalue weighted by atomic mass is 35.5. The number of carbonyl (C=O) groups is 1. The molecule has 1 aromatic heterocycles. The fourth-order valence-electron chi connectivity index (χ4n) is 3.91. The number of unbranched alkanes of at least 4 members (excludes halogenated alkanes) is 1.